The Morgan fingerprint density at radius 3 is 2.84 bits per heavy atom. The monoisotopic (exact) mass is 289 g/mol. The maximum absolute atomic E-state index is 12.0. The topological polar surface area (TPSA) is 78.5 Å². The van der Waals surface area contributed by atoms with Gasteiger partial charge in [0.1, 0.15) is 0 Å². The third-order valence-electron chi connectivity index (χ3n) is 3.76. The summed E-state index contributed by atoms with van der Waals surface area (Å²) in [5.74, 6) is 0.159. The first-order valence-corrected chi connectivity index (χ1v) is 8.57. The smallest absolute Gasteiger partial charge is 0.234 e. The molecule has 0 radical (unpaired) electrons. The minimum Gasteiger partial charge on any atom is -0.349 e. The number of hydrogen-bond donors (Lipinski definition) is 2. The Morgan fingerprint density at radius 2 is 2.26 bits per heavy atom. The van der Waals surface area contributed by atoms with E-state index in [0.29, 0.717) is 19.0 Å². The Hall–Kier alpha value is -0.660. The molecule has 7 heteroatoms. The van der Waals surface area contributed by atoms with Gasteiger partial charge in [-0.15, -0.1) is 0 Å². The predicted molar refractivity (Wildman–Crippen MR) is 73.7 cm³/mol. The molecule has 2 N–H and O–H groups in total. The second kappa shape index (κ2) is 5.38. The van der Waals surface area contributed by atoms with E-state index in [1.165, 1.54) is 0 Å². The van der Waals surface area contributed by atoms with Gasteiger partial charge in [-0.05, 0) is 20.3 Å². The van der Waals surface area contributed by atoms with Gasteiger partial charge in [0.25, 0.3) is 0 Å². The Labute approximate surface area is 114 Å². The van der Waals surface area contributed by atoms with Crippen LogP contribution < -0.4 is 10.6 Å². The molecule has 0 aromatic heterocycles. The highest BCUT2D eigenvalue weighted by Crippen LogP contribution is 2.22. The Bertz CT molecular complexity index is 451. The van der Waals surface area contributed by atoms with Gasteiger partial charge in [0.15, 0.2) is 9.84 Å². The van der Waals surface area contributed by atoms with Crippen LogP contribution in [0.2, 0.25) is 0 Å². The molecule has 0 bridgehead atoms. The van der Waals surface area contributed by atoms with Gasteiger partial charge in [0, 0.05) is 25.7 Å². The standard InChI is InChI=1S/C12H23N3O3S/c1-10-7-15(5-4-13-10)8-11(16)14-12(2)3-6-19(17,18)9-12/h10,13H,3-9H2,1-2H3,(H,14,16)/t10-,12?/m0/s1. The Morgan fingerprint density at radius 1 is 1.53 bits per heavy atom. The number of carbonyl (C=O) groups excluding carboxylic acids is 1. The van der Waals surface area contributed by atoms with E-state index in [9.17, 15) is 13.2 Å². The van der Waals surface area contributed by atoms with Gasteiger partial charge in [-0.1, -0.05) is 0 Å². The zero-order chi connectivity index (χ0) is 14.1. The van der Waals surface area contributed by atoms with Gasteiger partial charge in [-0.3, -0.25) is 9.69 Å². The van der Waals surface area contributed by atoms with Crippen molar-refractivity contribution in [3.05, 3.63) is 0 Å². The lowest BCUT2D eigenvalue weighted by Gasteiger charge is -2.32. The van der Waals surface area contributed by atoms with E-state index >= 15 is 0 Å². The summed E-state index contributed by atoms with van der Waals surface area (Å²) in [7, 11) is -2.98. The highest BCUT2D eigenvalue weighted by molar-refractivity contribution is 7.91. The summed E-state index contributed by atoms with van der Waals surface area (Å²) in [5, 5.41) is 6.22. The molecule has 0 saturated carbocycles. The average Bonchev–Trinajstić information content (AvgIpc) is 2.52. The van der Waals surface area contributed by atoms with E-state index in [2.05, 4.69) is 22.5 Å². The highest BCUT2D eigenvalue weighted by Gasteiger charge is 2.39. The van der Waals surface area contributed by atoms with Crippen LogP contribution in [0.1, 0.15) is 20.3 Å². The molecule has 2 saturated heterocycles. The maximum Gasteiger partial charge on any atom is 0.234 e. The molecular formula is C12H23N3O3S. The summed E-state index contributed by atoms with van der Waals surface area (Å²) in [6.45, 7) is 6.85. The van der Waals surface area contributed by atoms with Crippen LogP contribution in [0.25, 0.3) is 0 Å². The van der Waals surface area contributed by atoms with E-state index < -0.39 is 15.4 Å². The van der Waals surface area contributed by atoms with Gasteiger partial charge in [-0.2, -0.15) is 0 Å². The summed E-state index contributed by atoms with van der Waals surface area (Å²) in [6, 6.07) is 0.393. The van der Waals surface area contributed by atoms with Crippen molar-refractivity contribution in [1.29, 1.82) is 0 Å². The molecule has 0 aromatic carbocycles. The van der Waals surface area contributed by atoms with Crippen LogP contribution in [0, 0.1) is 0 Å². The molecule has 2 rings (SSSR count). The quantitative estimate of drug-likeness (QED) is 0.695. The zero-order valence-electron chi connectivity index (χ0n) is 11.6. The molecule has 110 valence electrons. The first kappa shape index (κ1) is 14.7. The average molecular weight is 289 g/mol. The van der Waals surface area contributed by atoms with Crippen molar-refractivity contribution < 1.29 is 13.2 Å². The SMILES string of the molecule is C[C@H]1CN(CC(=O)NC2(C)CCS(=O)(=O)C2)CCN1. The summed E-state index contributed by atoms with van der Waals surface area (Å²) in [5.41, 5.74) is -0.588. The number of piperazine rings is 1. The van der Waals surface area contributed by atoms with Crippen LogP contribution in [0.5, 0.6) is 0 Å². The third kappa shape index (κ3) is 4.15. The fraction of sp³-hybridized carbons (Fsp3) is 0.917. The fourth-order valence-corrected chi connectivity index (χ4v) is 4.94. The Balaban J connectivity index is 1.84. The second-order valence-corrected chi connectivity index (χ2v) is 8.23. The largest absolute Gasteiger partial charge is 0.349 e. The Kier molecular flexibility index (Phi) is 4.17. The van der Waals surface area contributed by atoms with Crippen molar-refractivity contribution in [2.24, 2.45) is 0 Å². The fourth-order valence-electron chi connectivity index (χ4n) is 2.84. The number of rotatable bonds is 3. The molecular weight excluding hydrogens is 266 g/mol. The molecule has 2 heterocycles. The minimum absolute atomic E-state index is 0.0592. The van der Waals surface area contributed by atoms with Crippen molar-refractivity contribution in [2.45, 2.75) is 31.8 Å². The molecule has 2 aliphatic rings. The minimum atomic E-state index is -2.98. The lowest BCUT2D eigenvalue weighted by Crippen LogP contribution is -2.55. The van der Waals surface area contributed by atoms with Crippen LogP contribution in [0.3, 0.4) is 0 Å². The van der Waals surface area contributed by atoms with Crippen LogP contribution in [-0.2, 0) is 14.6 Å². The molecule has 2 aliphatic heterocycles. The van der Waals surface area contributed by atoms with Crippen LogP contribution in [0.15, 0.2) is 0 Å². The molecule has 19 heavy (non-hydrogen) atoms. The first-order chi connectivity index (χ1) is 8.78. The lowest BCUT2D eigenvalue weighted by atomic mass is 10.0. The van der Waals surface area contributed by atoms with Crippen LogP contribution in [0.4, 0.5) is 0 Å². The summed E-state index contributed by atoms with van der Waals surface area (Å²) in [4.78, 5) is 14.1. The highest BCUT2D eigenvalue weighted by atomic mass is 32.2. The maximum atomic E-state index is 12.0. The van der Waals surface area contributed by atoms with Crippen LogP contribution >= 0.6 is 0 Å². The number of hydrogen-bond acceptors (Lipinski definition) is 5. The van der Waals surface area contributed by atoms with Gasteiger partial charge in [0.05, 0.1) is 23.6 Å². The van der Waals surface area contributed by atoms with Gasteiger partial charge >= 0.3 is 0 Å². The van der Waals surface area contributed by atoms with E-state index in [1.807, 2.05) is 6.92 Å². The molecule has 1 amide bonds. The van der Waals surface area contributed by atoms with E-state index in [0.717, 1.165) is 19.6 Å². The summed E-state index contributed by atoms with van der Waals surface area (Å²) >= 11 is 0. The second-order valence-electron chi connectivity index (χ2n) is 6.04. The van der Waals surface area contributed by atoms with E-state index in [4.69, 9.17) is 0 Å². The number of nitrogens with zero attached hydrogens (tertiary/aromatic N) is 1. The predicted octanol–water partition coefficient (Wildman–Crippen LogP) is -1.03. The van der Waals surface area contributed by atoms with Crippen molar-refractivity contribution in [3.8, 4) is 0 Å². The van der Waals surface area contributed by atoms with Crippen molar-refractivity contribution in [1.82, 2.24) is 15.5 Å². The number of sulfone groups is 1. The van der Waals surface area contributed by atoms with Crippen molar-refractivity contribution >= 4 is 15.7 Å². The summed E-state index contributed by atoms with van der Waals surface area (Å²) < 4.78 is 23.0. The normalized spacial score (nSPS) is 35.2. The van der Waals surface area contributed by atoms with E-state index in [-0.39, 0.29) is 17.4 Å². The molecule has 2 fully saturated rings. The number of nitrogens with one attached hydrogen (secondary N) is 2. The van der Waals surface area contributed by atoms with Crippen molar-refractivity contribution in [3.63, 3.8) is 0 Å². The molecule has 0 spiro atoms. The van der Waals surface area contributed by atoms with Gasteiger partial charge < -0.3 is 10.6 Å². The van der Waals surface area contributed by atoms with Crippen LogP contribution in [-0.4, -0.2) is 68.5 Å². The number of amides is 1. The molecule has 6 nitrogen and oxygen atoms in total. The lowest BCUT2D eigenvalue weighted by molar-refractivity contribution is -0.124. The van der Waals surface area contributed by atoms with Crippen molar-refractivity contribution in [2.75, 3.05) is 37.7 Å². The molecule has 0 aliphatic carbocycles. The number of carbonyl (C=O) groups is 1. The molecule has 0 aromatic rings. The zero-order valence-corrected chi connectivity index (χ0v) is 12.4. The molecule has 2 atom stereocenters. The van der Waals surface area contributed by atoms with Gasteiger partial charge in [-0.25, -0.2) is 8.42 Å². The first-order valence-electron chi connectivity index (χ1n) is 6.75. The van der Waals surface area contributed by atoms with E-state index in [1.54, 1.807) is 0 Å². The summed E-state index contributed by atoms with van der Waals surface area (Å²) in [6.07, 6.45) is 0.513. The molecule has 1 unspecified atom stereocenters. The van der Waals surface area contributed by atoms with Gasteiger partial charge in [0.2, 0.25) is 5.91 Å². The third-order valence-corrected chi connectivity index (χ3v) is 5.67.